The minimum absolute atomic E-state index is 0.00541. The van der Waals surface area contributed by atoms with E-state index in [1.54, 1.807) is 6.07 Å². The van der Waals surface area contributed by atoms with E-state index in [4.69, 9.17) is 0 Å². The molecule has 3 rings (SSSR count). The smallest absolute Gasteiger partial charge is 0.313 e. The van der Waals surface area contributed by atoms with Crippen molar-refractivity contribution >= 4 is 23.2 Å². The van der Waals surface area contributed by atoms with E-state index in [9.17, 15) is 19.7 Å². The molecule has 1 unspecified atom stereocenters. The fraction of sp³-hybridized carbons (Fsp3) is 0.429. The van der Waals surface area contributed by atoms with Gasteiger partial charge in [0.15, 0.2) is 0 Å². The Balaban J connectivity index is 1.67. The van der Waals surface area contributed by atoms with Crippen LogP contribution in [-0.4, -0.2) is 45.8 Å². The lowest BCUT2D eigenvalue weighted by molar-refractivity contribution is -0.383. The molecule has 1 fully saturated rings. The number of likely N-dealkylation sites (tertiary alicyclic amines) is 1. The molecule has 0 bridgehead atoms. The second-order valence-corrected chi connectivity index (χ2v) is 7.45. The molecule has 0 aliphatic carbocycles. The number of nitro benzene ring substituents is 1. The van der Waals surface area contributed by atoms with E-state index in [-0.39, 0.29) is 24.0 Å². The highest BCUT2D eigenvalue weighted by Gasteiger charge is 2.26. The van der Waals surface area contributed by atoms with E-state index in [1.807, 2.05) is 29.9 Å². The first kappa shape index (κ1) is 21.5. The Morgan fingerprint density at radius 1 is 1.07 bits per heavy atom. The van der Waals surface area contributed by atoms with Gasteiger partial charge in [-0.3, -0.25) is 24.6 Å². The van der Waals surface area contributed by atoms with Crippen molar-refractivity contribution in [2.24, 2.45) is 7.05 Å². The molecule has 160 valence electrons. The molecule has 1 aromatic heterocycles. The van der Waals surface area contributed by atoms with Gasteiger partial charge in [-0.15, -0.1) is 0 Å². The van der Waals surface area contributed by atoms with Crippen molar-refractivity contribution in [2.45, 2.75) is 31.7 Å². The highest BCUT2D eigenvalue weighted by atomic mass is 16.6. The zero-order valence-corrected chi connectivity index (χ0v) is 17.0. The van der Waals surface area contributed by atoms with Gasteiger partial charge in [-0.25, -0.2) is 0 Å². The molecule has 1 aliphatic rings. The molecule has 2 heterocycles. The topological polar surface area (TPSA) is 110 Å². The zero-order chi connectivity index (χ0) is 21.5. The van der Waals surface area contributed by atoms with Crippen molar-refractivity contribution in [1.82, 2.24) is 14.8 Å². The van der Waals surface area contributed by atoms with E-state index in [0.29, 0.717) is 0 Å². The molecule has 2 amide bonds. The maximum atomic E-state index is 12.4. The number of nitro groups is 1. The number of hydrogen-bond donors (Lipinski definition) is 2. The Kier molecular flexibility index (Phi) is 7.18. The summed E-state index contributed by atoms with van der Waals surface area (Å²) in [5, 5.41) is 16.1. The first-order valence-electron chi connectivity index (χ1n) is 10.1. The Morgan fingerprint density at radius 3 is 2.40 bits per heavy atom. The van der Waals surface area contributed by atoms with Gasteiger partial charge >= 0.3 is 11.8 Å². The number of hydrogen-bond acceptors (Lipinski definition) is 5. The van der Waals surface area contributed by atoms with E-state index in [2.05, 4.69) is 15.5 Å². The summed E-state index contributed by atoms with van der Waals surface area (Å²) in [6.07, 6.45) is 6.56. The van der Waals surface area contributed by atoms with Crippen molar-refractivity contribution in [3.8, 4) is 0 Å². The average Bonchev–Trinajstić information content (AvgIpc) is 2.98. The molecular weight excluding hydrogens is 386 g/mol. The number of carbonyl (C=O) groups excluding carboxylic acids is 2. The average molecular weight is 413 g/mol. The van der Waals surface area contributed by atoms with Crippen LogP contribution in [0.25, 0.3) is 0 Å². The summed E-state index contributed by atoms with van der Waals surface area (Å²) in [7, 11) is 1.96. The van der Waals surface area contributed by atoms with E-state index < -0.39 is 16.7 Å². The number of aryl methyl sites for hydroxylation is 1. The number of para-hydroxylation sites is 2. The summed E-state index contributed by atoms with van der Waals surface area (Å²) in [5.74, 6) is -1.74. The summed E-state index contributed by atoms with van der Waals surface area (Å²) in [4.78, 5) is 37.6. The van der Waals surface area contributed by atoms with Crippen LogP contribution in [0.5, 0.6) is 0 Å². The van der Waals surface area contributed by atoms with Crippen LogP contribution >= 0.6 is 0 Å². The Bertz CT molecular complexity index is 902. The minimum atomic E-state index is -0.925. The van der Waals surface area contributed by atoms with Crippen LogP contribution in [-0.2, 0) is 16.6 Å². The lowest BCUT2D eigenvalue weighted by Gasteiger charge is -2.31. The molecule has 9 heteroatoms. The standard InChI is InChI=1S/C21H27N5O4/c1-24-12-8-11-18(24)19(25-13-6-2-3-7-14-25)15-22-20(27)21(28)23-16-9-4-5-10-17(16)26(29)30/h4-5,8-12,19H,2-3,6-7,13-15H2,1H3,(H,22,27)(H,23,28). The van der Waals surface area contributed by atoms with Crippen LogP contribution in [0.1, 0.15) is 37.4 Å². The van der Waals surface area contributed by atoms with Gasteiger partial charge in [0, 0.05) is 31.5 Å². The molecule has 1 aromatic carbocycles. The van der Waals surface area contributed by atoms with Gasteiger partial charge in [0.05, 0.1) is 11.0 Å². The molecular formula is C21H27N5O4. The quantitative estimate of drug-likeness (QED) is 0.430. The summed E-state index contributed by atoms with van der Waals surface area (Å²) >= 11 is 0. The molecule has 1 atom stereocenters. The van der Waals surface area contributed by atoms with Gasteiger partial charge in [-0.05, 0) is 44.1 Å². The van der Waals surface area contributed by atoms with Crippen LogP contribution in [0, 0.1) is 10.1 Å². The van der Waals surface area contributed by atoms with Crippen LogP contribution in [0.3, 0.4) is 0 Å². The molecule has 1 aliphatic heterocycles. The molecule has 2 N–H and O–H groups in total. The molecule has 2 aromatic rings. The summed E-state index contributed by atoms with van der Waals surface area (Å²) < 4.78 is 2.02. The number of benzene rings is 1. The Labute approximate surface area is 175 Å². The largest absolute Gasteiger partial charge is 0.353 e. The zero-order valence-electron chi connectivity index (χ0n) is 17.0. The van der Waals surface area contributed by atoms with Gasteiger partial charge in [-0.2, -0.15) is 0 Å². The lowest BCUT2D eigenvalue weighted by Crippen LogP contribution is -2.43. The van der Waals surface area contributed by atoms with E-state index >= 15 is 0 Å². The van der Waals surface area contributed by atoms with Crippen molar-refractivity contribution in [3.63, 3.8) is 0 Å². The fourth-order valence-electron chi connectivity index (χ4n) is 3.84. The number of nitrogens with zero attached hydrogens (tertiary/aromatic N) is 3. The molecule has 0 radical (unpaired) electrons. The number of aromatic nitrogens is 1. The van der Waals surface area contributed by atoms with Crippen molar-refractivity contribution in [2.75, 3.05) is 25.0 Å². The second-order valence-electron chi connectivity index (χ2n) is 7.45. The Hall–Kier alpha value is -3.20. The van der Waals surface area contributed by atoms with Gasteiger partial charge < -0.3 is 15.2 Å². The van der Waals surface area contributed by atoms with Crippen molar-refractivity contribution in [1.29, 1.82) is 0 Å². The molecule has 0 spiro atoms. The number of anilines is 1. The number of nitrogens with one attached hydrogen (secondary N) is 2. The first-order valence-corrected chi connectivity index (χ1v) is 10.1. The number of rotatable bonds is 6. The van der Waals surface area contributed by atoms with Crippen molar-refractivity contribution in [3.05, 3.63) is 58.4 Å². The van der Waals surface area contributed by atoms with Crippen molar-refractivity contribution < 1.29 is 14.5 Å². The third kappa shape index (κ3) is 5.24. The first-order chi connectivity index (χ1) is 14.5. The second kappa shape index (κ2) is 10.0. The van der Waals surface area contributed by atoms with Gasteiger partial charge in [-0.1, -0.05) is 25.0 Å². The van der Waals surface area contributed by atoms with Crippen LogP contribution in [0.15, 0.2) is 42.6 Å². The number of carbonyl (C=O) groups is 2. The molecule has 0 saturated carbocycles. The van der Waals surface area contributed by atoms with Gasteiger partial charge in [0.2, 0.25) is 0 Å². The highest BCUT2D eigenvalue weighted by Crippen LogP contribution is 2.25. The molecule has 30 heavy (non-hydrogen) atoms. The van der Waals surface area contributed by atoms with Gasteiger partial charge in [0.25, 0.3) is 5.69 Å². The summed E-state index contributed by atoms with van der Waals surface area (Å²) in [5.41, 5.74) is 0.801. The minimum Gasteiger partial charge on any atom is -0.353 e. The normalized spacial score (nSPS) is 15.8. The fourth-order valence-corrected chi connectivity index (χ4v) is 3.84. The predicted octanol–water partition coefficient (Wildman–Crippen LogP) is 2.61. The SMILES string of the molecule is Cn1cccc1C(CNC(=O)C(=O)Nc1ccccc1[N+](=O)[O-])N1CCCCCC1. The molecule has 1 saturated heterocycles. The van der Waals surface area contributed by atoms with Crippen LogP contribution < -0.4 is 10.6 Å². The number of amides is 2. The summed E-state index contributed by atoms with van der Waals surface area (Å²) in [6, 6.07) is 9.67. The van der Waals surface area contributed by atoms with E-state index in [0.717, 1.165) is 31.6 Å². The highest BCUT2D eigenvalue weighted by molar-refractivity contribution is 6.39. The third-order valence-corrected chi connectivity index (χ3v) is 5.42. The monoisotopic (exact) mass is 413 g/mol. The third-order valence-electron chi connectivity index (χ3n) is 5.42. The molecule has 9 nitrogen and oxygen atoms in total. The maximum absolute atomic E-state index is 12.4. The van der Waals surface area contributed by atoms with Crippen LogP contribution in [0.2, 0.25) is 0 Å². The summed E-state index contributed by atoms with van der Waals surface area (Å²) in [6.45, 7) is 2.16. The Morgan fingerprint density at radius 2 is 1.77 bits per heavy atom. The van der Waals surface area contributed by atoms with Gasteiger partial charge in [0.1, 0.15) is 5.69 Å². The lowest BCUT2D eigenvalue weighted by atomic mass is 10.1. The van der Waals surface area contributed by atoms with E-state index in [1.165, 1.54) is 31.0 Å². The predicted molar refractivity (Wildman–Crippen MR) is 113 cm³/mol. The maximum Gasteiger partial charge on any atom is 0.313 e. The van der Waals surface area contributed by atoms with Crippen LogP contribution in [0.4, 0.5) is 11.4 Å².